The van der Waals surface area contributed by atoms with Gasteiger partial charge in [-0.3, -0.25) is 4.79 Å². The highest BCUT2D eigenvalue weighted by Crippen LogP contribution is 2.14. The smallest absolute Gasteiger partial charge is 0.329 e. The number of amides is 1. The zero-order valence-electron chi connectivity index (χ0n) is 11.9. The third-order valence-electron chi connectivity index (χ3n) is 2.97. The molecule has 110 valence electrons. The number of hydrogen-bond donors (Lipinski definition) is 2. The van der Waals surface area contributed by atoms with Gasteiger partial charge in [-0.2, -0.15) is 11.8 Å². The Labute approximate surface area is 124 Å². The normalized spacial score (nSPS) is 13.5. The Morgan fingerprint density at radius 1 is 1.30 bits per heavy atom. The van der Waals surface area contributed by atoms with Crippen LogP contribution in [0.5, 0.6) is 0 Å². The number of carbonyl (C=O) groups excluding carboxylic acids is 1. The van der Waals surface area contributed by atoms with Crippen molar-refractivity contribution in [1.82, 2.24) is 5.32 Å². The topological polar surface area (TPSA) is 66.4 Å². The molecule has 2 N–H and O–H groups in total. The van der Waals surface area contributed by atoms with Crippen LogP contribution in [0.1, 0.15) is 25.8 Å². The molecule has 20 heavy (non-hydrogen) atoms. The van der Waals surface area contributed by atoms with Crippen molar-refractivity contribution in [3.05, 3.63) is 35.9 Å². The lowest BCUT2D eigenvalue weighted by Crippen LogP contribution is -2.53. The monoisotopic (exact) mass is 295 g/mol. The molecule has 1 atom stereocenters. The second-order valence-corrected chi connectivity index (χ2v) is 6.19. The van der Waals surface area contributed by atoms with Crippen LogP contribution in [0.3, 0.4) is 0 Å². The van der Waals surface area contributed by atoms with Crippen LogP contribution in [-0.4, -0.2) is 34.0 Å². The van der Waals surface area contributed by atoms with Crippen LogP contribution in [0.25, 0.3) is 0 Å². The van der Waals surface area contributed by atoms with Crippen molar-refractivity contribution in [2.24, 2.45) is 0 Å². The summed E-state index contributed by atoms with van der Waals surface area (Å²) in [5, 5.41) is 12.0. The molecule has 0 heterocycles. The standard InChI is InChI=1S/C15H21NO3S/c1-3-20-10-9-13(17)16-15(2,14(18)19)11-12-7-5-4-6-8-12/h4-8H,3,9-11H2,1-2H3,(H,16,17)(H,18,19)/t15-/m0/s1. The van der Waals surface area contributed by atoms with Crippen molar-refractivity contribution < 1.29 is 14.7 Å². The molecule has 0 radical (unpaired) electrons. The molecule has 0 unspecified atom stereocenters. The molecule has 1 aromatic carbocycles. The van der Waals surface area contributed by atoms with Gasteiger partial charge in [0, 0.05) is 18.6 Å². The molecule has 0 saturated carbocycles. The number of rotatable bonds is 8. The Morgan fingerprint density at radius 2 is 1.95 bits per heavy atom. The molecule has 0 fully saturated rings. The molecule has 0 saturated heterocycles. The van der Waals surface area contributed by atoms with E-state index >= 15 is 0 Å². The number of aliphatic carboxylic acids is 1. The summed E-state index contributed by atoms with van der Waals surface area (Å²) in [6, 6.07) is 9.32. The first kappa shape index (κ1) is 16.6. The molecule has 1 amide bonds. The second-order valence-electron chi connectivity index (χ2n) is 4.79. The Hall–Kier alpha value is -1.49. The summed E-state index contributed by atoms with van der Waals surface area (Å²) < 4.78 is 0. The van der Waals surface area contributed by atoms with Gasteiger partial charge < -0.3 is 10.4 Å². The van der Waals surface area contributed by atoms with Gasteiger partial charge in [0.15, 0.2) is 0 Å². The minimum absolute atomic E-state index is 0.216. The molecule has 0 aromatic heterocycles. The van der Waals surface area contributed by atoms with Gasteiger partial charge in [-0.25, -0.2) is 4.79 Å². The predicted octanol–water partition coefficient (Wildman–Crippen LogP) is 2.33. The maximum atomic E-state index is 11.8. The molecule has 1 rings (SSSR count). The first-order valence-electron chi connectivity index (χ1n) is 6.64. The van der Waals surface area contributed by atoms with E-state index in [2.05, 4.69) is 5.32 Å². The summed E-state index contributed by atoms with van der Waals surface area (Å²) in [6.07, 6.45) is 0.617. The maximum absolute atomic E-state index is 11.8. The zero-order chi connectivity index (χ0) is 15.0. The van der Waals surface area contributed by atoms with Crippen molar-refractivity contribution in [2.75, 3.05) is 11.5 Å². The second kappa shape index (κ2) is 7.94. The lowest BCUT2D eigenvalue weighted by molar-refractivity contribution is -0.146. The van der Waals surface area contributed by atoms with Crippen molar-refractivity contribution >= 4 is 23.6 Å². The number of hydrogen-bond acceptors (Lipinski definition) is 3. The first-order valence-corrected chi connectivity index (χ1v) is 7.79. The minimum Gasteiger partial charge on any atom is -0.480 e. The highest BCUT2D eigenvalue weighted by molar-refractivity contribution is 7.99. The third kappa shape index (κ3) is 5.25. The maximum Gasteiger partial charge on any atom is 0.329 e. The lowest BCUT2D eigenvalue weighted by atomic mass is 9.92. The van der Waals surface area contributed by atoms with Crippen LogP contribution in [0.2, 0.25) is 0 Å². The molecule has 0 spiro atoms. The number of carboxylic acid groups (broad SMARTS) is 1. The largest absolute Gasteiger partial charge is 0.480 e. The number of benzene rings is 1. The van der Waals surface area contributed by atoms with Crippen molar-refractivity contribution in [1.29, 1.82) is 0 Å². The highest BCUT2D eigenvalue weighted by atomic mass is 32.2. The summed E-state index contributed by atoms with van der Waals surface area (Å²) in [5.41, 5.74) is -0.379. The van der Waals surface area contributed by atoms with Crippen LogP contribution in [0.15, 0.2) is 30.3 Å². The molecule has 1 aromatic rings. The Balaban J connectivity index is 2.67. The van der Waals surface area contributed by atoms with Gasteiger partial charge in [0.25, 0.3) is 0 Å². The summed E-state index contributed by atoms with van der Waals surface area (Å²) >= 11 is 1.67. The van der Waals surface area contributed by atoms with Gasteiger partial charge >= 0.3 is 5.97 Å². The summed E-state index contributed by atoms with van der Waals surface area (Å²) in [6.45, 7) is 3.58. The summed E-state index contributed by atoms with van der Waals surface area (Å²) in [4.78, 5) is 23.3. The quantitative estimate of drug-likeness (QED) is 0.722. The molecular weight excluding hydrogens is 274 g/mol. The molecular formula is C15H21NO3S. The van der Waals surface area contributed by atoms with E-state index < -0.39 is 11.5 Å². The molecule has 4 nitrogen and oxygen atoms in total. The van der Waals surface area contributed by atoms with Crippen molar-refractivity contribution in [3.8, 4) is 0 Å². The van der Waals surface area contributed by atoms with Crippen LogP contribution < -0.4 is 5.32 Å². The fourth-order valence-corrected chi connectivity index (χ4v) is 2.48. The van der Waals surface area contributed by atoms with E-state index in [1.54, 1.807) is 18.7 Å². The number of carboxylic acids is 1. The van der Waals surface area contributed by atoms with E-state index in [4.69, 9.17) is 0 Å². The van der Waals surface area contributed by atoms with E-state index in [-0.39, 0.29) is 12.3 Å². The fraction of sp³-hybridized carbons (Fsp3) is 0.467. The number of thioether (sulfide) groups is 1. The van der Waals surface area contributed by atoms with Crippen molar-refractivity contribution in [2.45, 2.75) is 32.2 Å². The van der Waals surface area contributed by atoms with E-state index in [9.17, 15) is 14.7 Å². The Kier molecular flexibility index (Phi) is 6.58. The van der Waals surface area contributed by atoms with Crippen LogP contribution >= 0.6 is 11.8 Å². The van der Waals surface area contributed by atoms with Crippen LogP contribution in [-0.2, 0) is 16.0 Å². The fourth-order valence-electron chi connectivity index (χ4n) is 1.86. The minimum atomic E-state index is -1.27. The third-order valence-corrected chi connectivity index (χ3v) is 3.87. The molecule has 0 aliphatic rings. The SMILES string of the molecule is CCSCCC(=O)N[C@@](C)(Cc1ccccc1)C(=O)O. The number of carbonyl (C=O) groups is 2. The van der Waals surface area contributed by atoms with Gasteiger partial charge in [0.05, 0.1) is 0 Å². The predicted molar refractivity (Wildman–Crippen MR) is 81.9 cm³/mol. The average Bonchev–Trinajstić information content (AvgIpc) is 2.39. The lowest BCUT2D eigenvalue weighted by Gasteiger charge is -2.26. The average molecular weight is 295 g/mol. The summed E-state index contributed by atoms with van der Waals surface area (Å²) in [7, 11) is 0. The van der Waals surface area contributed by atoms with Gasteiger partial charge in [-0.1, -0.05) is 37.3 Å². The zero-order valence-corrected chi connectivity index (χ0v) is 12.7. The van der Waals surface area contributed by atoms with Gasteiger partial charge in [0.1, 0.15) is 5.54 Å². The Morgan fingerprint density at radius 3 is 2.50 bits per heavy atom. The van der Waals surface area contributed by atoms with E-state index in [1.807, 2.05) is 37.3 Å². The van der Waals surface area contributed by atoms with E-state index in [0.717, 1.165) is 11.3 Å². The molecule has 0 bridgehead atoms. The van der Waals surface area contributed by atoms with Crippen molar-refractivity contribution in [3.63, 3.8) is 0 Å². The van der Waals surface area contributed by atoms with E-state index in [1.165, 1.54) is 0 Å². The van der Waals surface area contributed by atoms with E-state index in [0.29, 0.717) is 12.2 Å². The molecule has 0 aliphatic heterocycles. The first-order chi connectivity index (χ1) is 9.48. The van der Waals surface area contributed by atoms with Crippen LogP contribution in [0, 0.1) is 0 Å². The van der Waals surface area contributed by atoms with Gasteiger partial charge in [0.2, 0.25) is 5.91 Å². The highest BCUT2D eigenvalue weighted by Gasteiger charge is 2.34. The van der Waals surface area contributed by atoms with Gasteiger partial charge in [-0.05, 0) is 18.2 Å². The summed E-state index contributed by atoms with van der Waals surface area (Å²) in [5.74, 6) is 0.432. The molecule has 0 aliphatic carbocycles. The van der Waals surface area contributed by atoms with Crippen LogP contribution in [0.4, 0.5) is 0 Å². The number of nitrogens with one attached hydrogen (secondary N) is 1. The Bertz CT molecular complexity index is 450. The molecule has 5 heteroatoms. The van der Waals surface area contributed by atoms with Gasteiger partial charge in [-0.15, -0.1) is 0 Å².